The van der Waals surface area contributed by atoms with Crippen LogP contribution < -0.4 is 10.6 Å². The van der Waals surface area contributed by atoms with Crippen molar-refractivity contribution in [2.24, 2.45) is 0 Å². The standard InChI is InChI=1S/C20H23ClN2O2S/c1-3-14(2)23-20(25)11-12-22-19(24)10-8-17-7-9-18(26-17)15-5-4-6-16(21)13-15/h4-10,13-14H,3,11-12H2,1-2H3,(H,22,24)(H,23,25)/b10-8+. The van der Waals surface area contributed by atoms with Crippen LogP contribution in [0, 0.1) is 0 Å². The van der Waals surface area contributed by atoms with Gasteiger partial charge in [-0.15, -0.1) is 11.3 Å². The van der Waals surface area contributed by atoms with Crippen LogP contribution in [0.2, 0.25) is 5.02 Å². The first-order valence-electron chi connectivity index (χ1n) is 8.59. The van der Waals surface area contributed by atoms with Crippen molar-refractivity contribution in [2.45, 2.75) is 32.7 Å². The van der Waals surface area contributed by atoms with Gasteiger partial charge in [-0.2, -0.15) is 0 Å². The summed E-state index contributed by atoms with van der Waals surface area (Å²) in [5, 5.41) is 6.29. The average molecular weight is 391 g/mol. The molecule has 0 bridgehead atoms. The summed E-state index contributed by atoms with van der Waals surface area (Å²) in [6, 6.07) is 11.8. The molecule has 0 spiro atoms. The van der Waals surface area contributed by atoms with Gasteiger partial charge in [0.25, 0.3) is 0 Å². The van der Waals surface area contributed by atoms with E-state index in [1.54, 1.807) is 17.4 Å². The Morgan fingerprint density at radius 1 is 1.27 bits per heavy atom. The molecule has 2 rings (SSSR count). The Morgan fingerprint density at radius 2 is 2.08 bits per heavy atom. The van der Waals surface area contributed by atoms with E-state index >= 15 is 0 Å². The Labute approximate surface area is 163 Å². The summed E-state index contributed by atoms with van der Waals surface area (Å²) < 4.78 is 0. The first-order valence-corrected chi connectivity index (χ1v) is 9.78. The van der Waals surface area contributed by atoms with Crippen molar-refractivity contribution in [1.29, 1.82) is 0 Å². The number of hydrogen-bond acceptors (Lipinski definition) is 3. The molecule has 138 valence electrons. The summed E-state index contributed by atoms with van der Waals surface area (Å²) in [4.78, 5) is 25.6. The minimum atomic E-state index is -0.209. The summed E-state index contributed by atoms with van der Waals surface area (Å²) in [7, 11) is 0. The Balaban J connectivity index is 1.80. The summed E-state index contributed by atoms with van der Waals surface area (Å²) >= 11 is 7.61. The quantitative estimate of drug-likeness (QED) is 0.652. The van der Waals surface area contributed by atoms with Gasteiger partial charge < -0.3 is 10.6 Å². The lowest BCUT2D eigenvalue weighted by molar-refractivity contribution is -0.121. The van der Waals surface area contributed by atoms with Crippen molar-refractivity contribution in [1.82, 2.24) is 10.6 Å². The number of benzene rings is 1. The third-order valence-corrected chi connectivity index (χ3v) is 5.14. The largest absolute Gasteiger partial charge is 0.354 e. The predicted octanol–water partition coefficient (Wildman–Crippen LogP) is 4.50. The predicted molar refractivity (Wildman–Crippen MR) is 109 cm³/mol. The highest BCUT2D eigenvalue weighted by molar-refractivity contribution is 7.16. The maximum absolute atomic E-state index is 11.9. The molecule has 2 N–H and O–H groups in total. The molecule has 1 aromatic heterocycles. The minimum absolute atomic E-state index is 0.0481. The number of amides is 2. The zero-order valence-corrected chi connectivity index (χ0v) is 16.5. The number of nitrogens with one attached hydrogen (secondary N) is 2. The van der Waals surface area contributed by atoms with Crippen LogP contribution in [-0.2, 0) is 9.59 Å². The van der Waals surface area contributed by atoms with E-state index in [1.165, 1.54) is 6.08 Å². The lowest BCUT2D eigenvalue weighted by Crippen LogP contribution is -2.34. The third kappa shape index (κ3) is 6.65. The maximum Gasteiger partial charge on any atom is 0.244 e. The van der Waals surface area contributed by atoms with Gasteiger partial charge in [0.2, 0.25) is 11.8 Å². The highest BCUT2D eigenvalue weighted by atomic mass is 35.5. The van der Waals surface area contributed by atoms with Gasteiger partial charge in [-0.3, -0.25) is 9.59 Å². The van der Waals surface area contributed by atoms with Crippen molar-refractivity contribution in [3.63, 3.8) is 0 Å². The molecule has 1 aromatic carbocycles. The lowest BCUT2D eigenvalue weighted by Gasteiger charge is -2.11. The van der Waals surface area contributed by atoms with Gasteiger partial charge in [-0.25, -0.2) is 0 Å². The number of rotatable bonds is 8. The Morgan fingerprint density at radius 3 is 2.81 bits per heavy atom. The molecule has 4 nitrogen and oxygen atoms in total. The van der Waals surface area contributed by atoms with E-state index in [1.807, 2.05) is 50.2 Å². The summed E-state index contributed by atoms with van der Waals surface area (Å²) in [6.45, 7) is 4.29. The topological polar surface area (TPSA) is 58.2 Å². The molecule has 0 aliphatic carbocycles. The molecule has 2 amide bonds. The fourth-order valence-corrected chi connectivity index (χ4v) is 3.30. The van der Waals surface area contributed by atoms with E-state index in [9.17, 15) is 9.59 Å². The second-order valence-corrected chi connectivity index (χ2v) is 7.52. The Hall–Kier alpha value is -2.11. The van der Waals surface area contributed by atoms with Crippen LogP contribution in [0.1, 0.15) is 31.6 Å². The fraction of sp³-hybridized carbons (Fsp3) is 0.300. The van der Waals surface area contributed by atoms with Crippen LogP contribution in [0.25, 0.3) is 16.5 Å². The molecule has 26 heavy (non-hydrogen) atoms. The fourth-order valence-electron chi connectivity index (χ4n) is 2.20. The first kappa shape index (κ1) is 20.2. The van der Waals surface area contributed by atoms with Gasteiger partial charge >= 0.3 is 0 Å². The molecule has 1 heterocycles. The van der Waals surface area contributed by atoms with E-state index in [-0.39, 0.29) is 24.3 Å². The molecule has 6 heteroatoms. The van der Waals surface area contributed by atoms with Crippen molar-refractivity contribution >= 4 is 40.8 Å². The van der Waals surface area contributed by atoms with Crippen molar-refractivity contribution < 1.29 is 9.59 Å². The van der Waals surface area contributed by atoms with Crippen molar-refractivity contribution in [2.75, 3.05) is 6.54 Å². The molecule has 0 aliphatic rings. The van der Waals surface area contributed by atoms with E-state index in [0.717, 1.165) is 21.7 Å². The smallest absolute Gasteiger partial charge is 0.244 e. The number of carbonyl (C=O) groups excluding carboxylic acids is 2. The summed E-state index contributed by atoms with van der Waals surface area (Å²) in [5.74, 6) is -0.257. The monoisotopic (exact) mass is 390 g/mol. The van der Waals surface area contributed by atoms with E-state index in [0.29, 0.717) is 11.6 Å². The van der Waals surface area contributed by atoms with Gasteiger partial charge in [0.15, 0.2) is 0 Å². The number of halogens is 1. The SMILES string of the molecule is CCC(C)NC(=O)CCNC(=O)/C=C/c1ccc(-c2cccc(Cl)c2)s1. The molecule has 0 aliphatic heterocycles. The van der Waals surface area contributed by atoms with Gasteiger partial charge in [-0.1, -0.05) is 30.7 Å². The molecule has 0 saturated heterocycles. The molecule has 2 aromatic rings. The Kier molecular flexibility index (Phi) is 7.88. The number of carbonyl (C=O) groups is 2. The minimum Gasteiger partial charge on any atom is -0.354 e. The van der Waals surface area contributed by atoms with Crippen LogP contribution >= 0.6 is 22.9 Å². The van der Waals surface area contributed by atoms with Gasteiger partial charge in [-0.05, 0) is 49.2 Å². The highest BCUT2D eigenvalue weighted by Crippen LogP contribution is 2.30. The van der Waals surface area contributed by atoms with Gasteiger partial charge in [0, 0.05) is 39.9 Å². The zero-order chi connectivity index (χ0) is 18.9. The number of hydrogen-bond donors (Lipinski definition) is 2. The molecule has 0 saturated carbocycles. The molecule has 1 unspecified atom stereocenters. The summed E-state index contributed by atoms with van der Waals surface area (Å²) in [6.07, 6.45) is 4.42. The van der Waals surface area contributed by atoms with Gasteiger partial charge in [0.05, 0.1) is 0 Å². The summed E-state index contributed by atoms with van der Waals surface area (Å²) in [5.41, 5.74) is 1.05. The normalized spacial score (nSPS) is 12.1. The van der Waals surface area contributed by atoms with Crippen LogP contribution in [0.15, 0.2) is 42.5 Å². The maximum atomic E-state index is 11.9. The van der Waals surface area contributed by atoms with Crippen molar-refractivity contribution in [3.8, 4) is 10.4 Å². The van der Waals surface area contributed by atoms with Crippen LogP contribution in [-0.4, -0.2) is 24.4 Å². The highest BCUT2D eigenvalue weighted by Gasteiger charge is 2.06. The lowest BCUT2D eigenvalue weighted by atomic mass is 10.2. The van der Waals surface area contributed by atoms with Crippen LogP contribution in [0.4, 0.5) is 0 Å². The zero-order valence-electron chi connectivity index (χ0n) is 14.9. The third-order valence-electron chi connectivity index (χ3n) is 3.81. The van der Waals surface area contributed by atoms with E-state index in [2.05, 4.69) is 10.6 Å². The van der Waals surface area contributed by atoms with Crippen LogP contribution in [0.5, 0.6) is 0 Å². The molecule has 0 radical (unpaired) electrons. The first-order chi connectivity index (χ1) is 12.5. The van der Waals surface area contributed by atoms with Gasteiger partial charge in [0.1, 0.15) is 0 Å². The molecule has 0 fully saturated rings. The Bertz CT molecular complexity index is 786. The van der Waals surface area contributed by atoms with E-state index in [4.69, 9.17) is 11.6 Å². The average Bonchev–Trinajstić information content (AvgIpc) is 3.09. The molecule has 1 atom stereocenters. The van der Waals surface area contributed by atoms with E-state index < -0.39 is 0 Å². The molecular formula is C20H23ClN2O2S. The second kappa shape index (κ2) is 10.1. The second-order valence-electron chi connectivity index (χ2n) is 5.96. The number of thiophene rings is 1. The van der Waals surface area contributed by atoms with Crippen molar-refractivity contribution in [3.05, 3.63) is 52.4 Å². The molecular weight excluding hydrogens is 368 g/mol. The van der Waals surface area contributed by atoms with Crippen LogP contribution in [0.3, 0.4) is 0 Å².